The number of hydrogen-bond acceptors (Lipinski definition) is 0. The first-order valence-electron chi connectivity index (χ1n) is 8.27. The molecule has 21 heavy (non-hydrogen) atoms. The van der Waals surface area contributed by atoms with Crippen LogP contribution in [0.3, 0.4) is 0 Å². The largest absolute Gasteiger partial charge is 0.210 e. The second kappa shape index (κ2) is 9.46. The molecule has 0 atom stereocenters. The van der Waals surface area contributed by atoms with Gasteiger partial charge in [0, 0.05) is 0 Å². The van der Waals surface area contributed by atoms with Gasteiger partial charge in [0.1, 0.15) is 0 Å². The van der Waals surface area contributed by atoms with Gasteiger partial charge < -0.3 is 0 Å². The molecule has 4 rings (SSSR count). The van der Waals surface area contributed by atoms with Crippen LogP contribution in [-0.2, 0) is 49.6 Å². The van der Waals surface area contributed by atoms with E-state index in [-0.39, 0.29) is 0 Å². The molecule has 0 amide bonds. The topological polar surface area (TPSA) is 0 Å². The normalized spacial score (nSPS) is 15.6. The Kier molecular flexibility index (Phi) is 7.57. The maximum absolute atomic E-state index is 2.26. The Hall–Kier alpha value is -0.560. The van der Waals surface area contributed by atoms with E-state index in [9.17, 15) is 0 Å². The van der Waals surface area contributed by atoms with E-state index in [0.29, 0.717) is 0 Å². The quantitative estimate of drug-likeness (QED) is 0.399. The van der Waals surface area contributed by atoms with Gasteiger partial charge in [-0.1, -0.05) is 51.4 Å². The van der Waals surface area contributed by atoms with Gasteiger partial charge in [-0.15, -0.1) is 0 Å². The van der Waals surface area contributed by atoms with Crippen LogP contribution in [0.15, 0.2) is 36.4 Å². The fraction of sp³-hybridized carbons (Fsp3) is 0.450. The average molecular weight is 445 g/mol. The molecule has 0 heterocycles. The van der Waals surface area contributed by atoms with E-state index in [2.05, 4.69) is 47.1 Å². The molecule has 0 aliphatic heterocycles. The van der Waals surface area contributed by atoms with Crippen molar-refractivity contribution in [1.82, 2.24) is 0 Å². The van der Waals surface area contributed by atoms with E-state index in [0.717, 1.165) is 0 Å². The van der Waals surface area contributed by atoms with E-state index in [1.54, 1.807) is 22.3 Å². The standard InChI is InChI=1S/2C9H11.C2H4.Hf/c2*1-2-5-9-7-3-6-8(9)4-1;1-2;/h2*3,6-7H,1-2,4-5H2;1H,2H3;/q2*-1;;+2. The molecule has 2 aliphatic carbocycles. The zero-order chi connectivity index (χ0) is 14.9. The van der Waals surface area contributed by atoms with Crippen molar-refractivity contribution in [3.63, 3.8) is 0 Å². The van der Waals surface area contributed by atoms with Gasteiger partial charge in [0.25, 0.3) is 0 Å². The molecule has 110 valence electrons. The van der Waals surface area contributed by atoms with Crippen molar-refractivity contribution in [3.8, 4) is 0 Å². The molecule has 0 radical (unpaired) electrons. The first-order valence-corrected chi connectivity index (χ1v) is 10.3. The summed E-state index contributed by atoms with van der Waals surface area (Å²) in [7, 11) is 0. The monoisotopic (exact) mass is 446 g/mol. The smallest absolute Gasteiger partial charge is 0.0512 e. The van der Waals surface area contributed by atoms with Gasteiger partial charge in [-0.3, -0.25) is 0 Å². The van der Waals surface area contributed by atoms with Gasteiger partial charge in [0.05, 0.1) is 0 Å². The van der Waals surface area contributed by atoms with Crippen molar-refractivity contribution in [3.05, 3.63) is 58.7 Å². The Bertz CT molecular complexity index is 442. The summed E-state index contributed by atoms with van der Waals surface area (Å²) in [5.74, 6) is 0. The van der Waals surface area contributed by atoms with Crippen LogP contribution in [0.1, 0.15) is 54.9 Å². The fourth-order valence-corrected chi connectivity index (χ4v) is 3.23. The Balaban J connectivity index is 0.000000130. The Morgan fingerprint density at radius 1 is 0.810 bits per heavy atom. The Labute approximate surface area is 144 Å². The summed E-state index contributed by atoms with van der Waals surface area (Å²) in [5, 5.41) is 0. The molecule has 0 spiro atoms. The molecule has 0 saturated heterocycles. The van der Waals surface area contributed by atoms with Crippen molar-refractivity contribution in [2.75, 3.05) is 0 Å². The minimum absolute atomic E-state index is 1.24. The molecule has 0 nitrogen and oxygen atoms in total. The zero-order valence-electron chi connectivity index (χ0n) is 13.2. The molecule has 0 fully saturated rings. The van der Waals surface area contributed by atoms with Gasteiger partial charge in [-0.25, -0.2) is 12.1 Å². The maximum Gasteiger partial charge on any atom is -0.0512 e. The van der Waals surface area contributed by atoms with Gasteiger partial charge in [0.15, 0.2) is 0 Å². The van der Waals surface area contributed by atoms with E-state index < -0.39 is 0 Å². The molecule has 2 aliphatic rings. The number of rotatable bonds is 0. The molecule has 2 aromatic carbocycles. The SMILES string of the molecule is C[CH]=[Hf+2].c1cc2c([cH-]1)CCCC2.c1cc2c([cH-]1)CCCC2. The predicted octanol–water partition coefficient (Wildman–Crippen LogP) is 4.92. The minimum Gasteiger partial charge on any atom is -0.210 e. The van der Waals surface area contributed by atoms with Gasteiger partial charge in [-0.2, -0.15) is 46.5 Å². The summed E-state index contributed by atoms with van der Waals surface area (Å²) in [6.45, 7) is 2.06. The summed E-state index contributed by atoms with van der Waals surface area (Å²) in [6.07, 6.45) is 10.9. The van der Waals surface area contributed by atoms with E-state index >= 15 is 0 Å². The Morgan fingerprint density at radius 2 is 1.19 bits per heavy atom. The molecule has 1 heteroatoms. The molecular weight excluding hydrogens is 419 g/mol. The third-order valence-corrected chi connectivity index (χ3v) is 4.30. The van der Waals surface area contributed by atoms with Crippen LogP contribution in [0.25, 0.3) is 0 Å². The second-order valence-electron chi connectivity index (χ2n) is 5.86. The van der Waals surface area contributed by atoms with Crippen LogP contribution in [0, 0.1) is 0 Å². The third-order valence-electron chi connectivity index (χ3n) is 4.30. The van der Waals surface area contributed by atoms with Crippen LogP contribution in [0.2, 0.25) is 0 Å². The third kappa shape index (κ3) is 5.29. The number of fused-ring (bicyclic) bond motifs is 2. The van der Waals surface area contributed by atoms with Crippen molar-refractivity contribution >= 4 is 3.76 Å². The molecule has 0 bridgehead atoms. The van der Waals surface area contributed by atoms with Crippen LogP contribution in [0.5, 0.6) is 0 Å². The van der Waals surface area contributed by atoms with Gasteiger partial charge >= 0.3 is 34.6 Å². The number of hydrogen-bond donors (Lipinski definition) is 0. The van der Waals surface area contributed by atoms with Crippen LogP contribution in [-0.4, -0.2) is 3.76 Å². The average Bonchev–Trinajstić information content (AvgIpc) is 3.17. The fourth-order valence-electron chi connectivity index (χ4n) is 3.23. The van der Waals surface area contributed by atoms with Crippen molar-refractivity contribution in [1.29, 1.82) is 0 Å². The zero-order valence-corrected chi connectivity index (χ0v) is 16.8. The van der Waals surface area contributed by atoms with Gasteiger partial charge in [-0.05, 0) is 0 Å². The summed E-state index contributed by atoms with van der Waals surface area (Å²) < 4.78 is 2.14. The van der Waals surface area contributed by atoms with Crippen molar-refractivity contribution in [2.24, 2.45) is 0 Å². The van der Waals surface area contributed by atoms with E-state index in [4.69, 9.17) is 0 Å². The van der Waals surface area contributed by atoms with Crippen LogP contribution >= 0.6 is 0 Å². The molecule has 0 aromatic heterocycles. The van der Waals surface area contributed by atoms with E-state index in [1.165, 1.54) is 75.3 Å². The molecule has 0 unspecified atom stereocenters. The molecule has 0 saturated carbocycles. The predicted molar refractivity (Wildman–Crippen MR) is 89.1 cm³/mol. The second-order valence-corrected chi connectivity index (χ2v) is 7.93. The summed E-state index contributed by atoms with van der Waals surface area (Å²) in [6, 6.07) is 13.4. The summed E-state index contributed by atoms with van der Waals surface area (Å²) in [4.78, 5) is 0. The van der Waals surface area contributed by atoms with Crippen LogP contribution in [0.4, 0.5) is 0 Å². The number of aryl methyl sites for hydroxylation is 4. The summed E-state index contributed by atoms with van der Waals surface area (Å²) >= 11 is 1.24. The van der Waals surface area contributed by atoms with Crippen molar-refractivity contribution < 1.29 is 23.9 Å². The molecular formula is C20H26Hf. The Morgan fingerprint density at radius 3 is 1.57 bits per heavy atom. The minimum atomic E-state index is 1.24. The van der Waals surface area contributed by atoms with Crippen molar-refractivity contribution in [2.45, 2.75) is 58.3 Å². The maximum atomic E-state index is 2.26. The van der Waals surface area contributed by atoms with Crippen LogP contribution < -0.4 is 0 Å². The van der Waals surface area contributed by atoms with E-state index in [1.807, 2.05) is 0 Å². The first-order chi connectivity index (χ1) is 10.3. The molecule has 2 aromatic rings. The molecule has 0 N–H and O–H groups in total. The first kappa shape index (κ1) is 16.8. The summed E-state index contributed by atoms with van der Waals surface area (Å²) in [5.41, 5.74) is 6.39. The van der Waals surface area contributed by atoms with Gasteiger partial charge in [0.2, 0.25) is 0 Å².